The van der Waals surface area contributed by atoms with Crippen LogP contribution >= 0.6 is 7.14 Å². The Morgan fingerprint density at radius 2 is 1.65 bits per heavy atom. The van der Waals surface area contributed by atoms with E-state index in [0.29, 0.717) is 6.04 Å². The maximum atomic E-state index is 12.9. The Morgan fingerprint density at radius 3 is 2.12 bits per heavy atom. The molecule has 2 rings (SSSR count). The van der Waals surface area contributed by atoms with Crippen molar-refractivity contribution in [2.75, 3.05) is 25.4 Å². The lowest BCUT2D eigenvalue weighted by molar-refractivity contribution is 0.240. The van der Waals surface area contributed by atoms with Crippen molar-refractivity contribution >= 4 is 12.4 Å². The van der Waals surface area contributed by atoms with E-state index in [1.807, 2.05) is 0 Å². The van der Waals surface area contributed by atoms with Gasteiger partial charge in [-0.15, -0.1) is 0 Å². The molecule has 1 heterocycles. The van der Waals surface area contributed by atoms with Gasteiger partial charge in [-0.25, -0.2) is 0 Å². The van der Waals surface area contributed by atoms with E-state index in [1.54, 1.807) is 0 Å². The van der Waals surface area contributed by atoms with E-state index in [1.165, 1.54) is 5.56 Å². The van der Waals surface area contributed by atoms with Crippen molar-refractivity contribution in [2.45, 2.75) is 26.8 Å². The molecular weight excluding hydrogens is 229 g/mol. The van der Waals surface area contributed by atoms with E-state index < -0.39 is 7.14 Å². The van der Waals surface area contributed by atoms with Gasteiger partial charge in [0.2, 0.25) is 0 Å². The number of nitrogens with zero attached hydrogens (tertiary/aromatic N) is 1. The normalized spacial score (nSPS) is 20.7. The summed E-state index contributed by atoms with van der Waals surface area (Å²) in [5.74, 6) is 0. The summed E-state index contributed by atoms with van der Waals surface area (Å²) in [5, 5.41) is 1.08. The van der Waals surface area contributed by atoms with Crippen molar-refractivity contribution in [3.8, 4) is 0 Å². The molecule has 0 bridgehead atoms. The van der Waals surface area contributed by atoms with Crippen LogP contribution in [0.2, 0.25) is 0 Å². The Bertz CT molecular complexity index is 412. The summed E-state index contributed by atoms with van der Waals surface area (Å²) in [6.45, 7) is 8.44. The summed E-state index contributed by atoms with van der Waals surface area (Å²) in [6.07, 6.45) is 1.68. The van der Waals surface area contributed by atoms with Crippen LogP contribution in [0.25, 0.3) is 0 Å². The Morgan fingerprint density at radius 1 is 1.12 bits per heavy atom. The highest BCUT2D eigenvalue weighted by Gasteiger charge is 2.30. The highest BCUT2D eigenvalue weighted by Crippen LogP contribution is 2.46. The largest absolute Gasteiger partial charge is 0.319 e. The van der Waals surface area contributed by atoms with Gasteiger partial charge in [-0.3, -0.25) is 4.90 Å². The van der Waals surface area contributed by atoms with E-state index in [0.717, 1.165) is 30.7 Å². The second kappa shape index (κ2) is 4.96. The van der Waals surface area contributed by atoms with Gasteiger partial charge in [-0.2, -0.15) is 0 Å². The fourth-order valence-corrected chi connectivity index (χ4v) is 4.99. The zero-order chi connectivity index (χ0) is 12.5. The SMILES string of the molecule is Cc1ccc(P2(=O)CCN(C(C)C)CC2)cc1. The summed E-state index contributed by atoms with van der Waals surface area (Å²) < 4.78 is 12.9. The second-order valence-electron chi connectivity index (χ2n) is 5.30. The first-order valence-electron chi connectivity index (χ1n) is 6.41. The van der Waals surface area contributed by atoms with Crippen LogP contribution in [0.15, 0.2) is 24.3 Å². The molecule has 1 aromatic carbocycles. The zero-order valence-electron chi connectivity index (χ0n) is 11.0. The molecule has 0 N–H and O–H groups in total. The molecule has 17 heavy (non-hydrogen) atoms. The van der Waals surface area contributed by atoms with Crippen LogP contribution in [-0.2, 0) is 4.57 Å². The molecule has 0 atom stereocenters. The third kappa shape index (κ3) is 2.81. The standard InChI is InChI=1S/C14H22NOP/c1-12(2)15-8-10-17(16,11-9-15)14-6-4-13(3)5-7-14/h4-7,12H,8-11H2,1-3H3. The molecule has 0 saturated carbocycles. The smallest absolute Gasteiger partial charge is 0.118 e. The topological polar surface area (TPSA) is 20.3 Å². The van der Waals surface area contributed by atoms with Crippen molar-refractivity contribution in [3.05, 3.63) is 29.8 Å². The molecule has 1 aromatic rings. The van der Waals surface area contributed by atoms with Gasteiger partial charge in [-0.1, -0.05) is 29.8 Å². The summed E-state index contributed by atoms with van der Waals surface area (Å²) >= 11 is 0. The molecule has 94 valence electrons. The molecule has 0 amide bonds. The Hall–Kier alpha value is -0.590. The maximum Gasteiger partial charge on any atom is 0.118 e. The van der Waals surface area contributed by atoms with Crippen LogP contribution in [0.1, 0.15) is 19.4 Å². The predicted molar refractivity (Wildman–Crippen MR) is 74.9 cm³/mol. The van der Waals surface area contributed by atoms with Crippen LogP contribution in [0, 0.1) is 6.92 Å². The minimum absolute atomic E-state index is 0.571. The minimum atomic E-state index is -2.10. The first-order valence-corrected chi connectivity index (χ1v) is 8.48. The molecule has 1 fully saturated rings. The highest BCUT2D eigenvalue weighted by atomic mass is 31.2. The van der Waals surface area contributed by atoms with E-state index in [-0.39, 0.29) is 0 Å². The van der Waals surface area contributed by atoms with E-state index in [9.17, 15) is 4.57 Å². The van der Waals surface area contributed by atoms with Gasteiger partial charge in [0.25, 0.3) is 0 Å². The number of hydrogen-bond donors (Lipinski definition) is 0. The average Bonchev–Trinajstić information content (AvgIpc) is 2.30. The van der Waals surface area contributed by atoms with Crippen molar-refractivity contribution in [2.24, 2.45) is 0 Å². The fraction of sp³-hybridized carbons (Fsp3) is 0.571. The van der Waals surface area contributed by atoms with Gasteiger partial charge < -0.3 is 4.57 Å². The van der Waals surface area contributed by atoms with Crippen LogP contribution in [-0.4, -0.2) is 36.4 Å². The zero-order valence-corrected chi connectivity index (χ0v) is 11.9. The molecule has 2 nitrogen and oxygen atoms in total. The Labute approximate surface area is 104 Å². The molecular formula is C14H22NOP. The molecule has 0 aliphatic carbocycles. The molecule has 1 saturated heterocycles. The summed E-state index contributed by atoms with van der Waals surface area (Å²) in [4.78, 5) is 2.42. The van der Waals surface area contributed by atoms with E-state index in [4.69, 9.17) is 0 Å². The molecule has 0 spiro atoms. The van der Waals surface area contributed by atoms with Crippen LogP contribution in [0.3, 0.4) is 0 Å². The summed E-state index contributed by atoms with van der Waals surface area (Å²) in [5.41, 5.74) is 1.24. The summed E-state index contributed by atoms with van der Waals surface area (Å²) in [7, 11) is -2.10. The van der Waals surface area contributed by atoms with E-state index >= 15 is 0 Å². The second-order valence-corrected chi connectivity index (χ2v) is 8.49. The lowest BCUT2D eigenvalue weighted by atomic mass is 10.2. The third-order valence-electron chi connectivity index (χ3n) is 3.73. The Balaban J connectivity index is 2.12. The van der Waals surface area contributed by atoms with Crippen LogP contribution in [0.5, 0.6) is 0 Å². The highest BCUT2D eigenvalue weighted by molar-refractivity contribution is 7.71. The molecule has 1 aliphatic rings. The van der Waals surface area contributed by atoms with Gasteiger partial charge in [0, 0.05) is 36.8 Å². The van der Waals surface area contributed by atoms with Crippen molar-refractivity contribution < 1.29 is 4.57 Å². The van der Waals surface area contributed by atoms with Gasteiger partial charge in [-0.05, 0) is 20.8 Å². The Kier molecular flexibility index (Phi) is 3.75. The molecule has 1 aliphatic heterocycles. The molecule has 0 aromatic heterocycles. The molecule has 3 heteroatoms. The first-order chi connectivity index (χ1) is 8.01. The van der Waals surface area contributed by atoms with Crippen LogP contribution < -0.4 is 5.30 Å². The number of hydrogen-bond acceptors (Lipinski definition) is 2. The fourth-order valence-electron chi connectivity index (χ4n) is 2.39. The van der Waals surface area contributed by atoms with Crippen molar-refractivity contribution in [1.82, 2.24) is 4.90 Å². The monoisotopic (exact) mass is 251 g/mol. The number of rotatable bonds is 2. The average molecular weight is 251 g/mol. The maximum absolute atomic E-state index is 12.9. The predicted octanol–water partition coefficient (Wildman–Crippen LogP) is 2.71. The molecule has 0 radical (unpaired) electrons. The number of aryl methyl sites for hydroxylation is 1. The summed E-state index contributed by atoms with van der Waals surface area (Å²) in [6, 6.07) is 8.83. The first kappa shape index (κ1) is 12.9. The minimum Gasteiger partial charge on any atom is -0.319 e. The number of benzene rings is 1. The van der Waals surface area contributed by atoms with Crippen LogP contribution in [0.4, 0.5) is 0 Å². The quantitative estimate of drug-likeness (QED) is 0.753. The lowest BCUT2D eigenvalue weighted by Gasteiger charge is -2.34. The van der Waals surface area contributed by atoms with E-state index in [2.05, 4.69) is 49.9 Å². The van der Waals surface area contributed by atoms with Gasteiger partial charge >= 0.3 is 0 Å². The van der Waals surface area contributed by atoms with Gasteiger partial charge in [0.05, 0.1) is 0 Å². The third-order valence-corrected chi connectivity index (χ3v) is 6.82. The molecule has 0 unspecified atom stereocenters. The van der Waals surface area contributed by atoms with Crippen molar-refractivity contribution in [3.63, 3.8) is 0 Å². The van der Waals surface area contributed by atoms with Crippen molar-refractivity contribution in [1.29, 1.82) is 0 Å². The van der Waals surface area contributed by atoms with Gasteiger partial charge in [0.1, 0.15) is 7.14 Å². The van der Waals surface area contributed by atoms with Gasteiger partial charge in [0.15, 0.2) is 0 Å². The lowest BCUT2D eigenvalue weighted by Crippen LogP contribution is -2.41.